The molecule has 0 bridgehead atoms. The first kappa shape index (κ1) is 17.4. The second kappa shape index (κ2) is 6.66. The van der Waals surface area contributed by atoms with Crippen molar-refractivity contribution in [2.45, 2.75) is 57.5 Å². The predicted molar refractivity (Wildman–Crippen MR) is 90.9 cm³/mol. The molecule has 4 nitrogen and oxygen atoms in total. The van der Waals surface area contributed by atoms with E-state index in [-0.39, 0.29) is 5.41 Å². The summed E-state index contributed by atoms with van der Waals surface area (Å²) in [5, 5.41) is 12.1. The molecule has 2 radical (unpaired) electrons. The van der Waals surface area contributed by atoms with Crippen molar-refractivity contribution in [3.63, 3.8) is 0 Å². The van der Waals surface area contributed by atoms with E-state index in [1.807, 2.05) is 32.9 Å². The minimum atomic E-state index is -0.483. The molecule has 1 aromatic rings. The van der Waals surface area contributed by atoms with Gasteiger partial charge in [-0.1, -0.05) is 23.7 Å². The zero-order valence-corrected chi connectivity index (χ0v) is 14.1. The van der Waals surface area contributed by atoms with E-state index in [1.54, 1.807) is 0 Å². The number of aryl methyl sites for hydroxylation is 1. The van der Waals surface area contributed by atoms with E-state index in [2.05, 4.69) is 17.5 Å². The van der Waals surface area contributed by atoms with Gasteiger partial charge in [-0.05, 0) is 57.6 Å². The van der Waals surface area contributed by atoms with Crippen molar-refractivity contribution in [3.05, 3.63) is 29.3 Å². The Kier molecular flexibility index (Phi) is 5.04. The fourth-order valence-electron chi connectivity index (χ4n) is 2.53. The van der Waals surface area contributed by atoms with Crippen molar-refractivity contribution >= 4 is 19.4 Å². The molecular formula is C18H23BN2O2. The molecular weight excluding hydrogens is 287 g/mol. The van der Waals surface area contributed by atoms with Crippen LogP contribution in [-0.4, -0.2) is 26.1 Å². The molecule has 1 saturated carbocycles. The molecule has 5 heteroatoms. The number of nitriles is 1. The van der Waals surface area contributed by atoms with E-state index in [0.29, 0.717) is 12.0 Å². The van der Waals surface area contributed by atoms with Gasteiger partial charge in [-0.25, -0.2) is 4.79 Å². The smallest absolute Gasteiger partial charge is 0.407 e. The van der Waals surface area contributed by atoms with E-state index < -0.39 is 11.7 Å². The van der Waals surface area contributed by atoms with Crippen LogP contribution in [0.5, 0.6) is 0 Å². The molecule has 23 heavy (non-hydrogen) atoms. The van der Waals surface area contributed by atoms with Gasteiger partial charge in [-0.3, -0.25) is 0 Å². The Morgan fingerprint density at radius 3 is 2.65 bits per heavy atom. The SMILES string of the molecule is [B]c1cc(CCCNC(=O)OC(C)(C)C)cc(C2(C#N)CC2)c1. The quantitative estimate of drug-likeness (QED) is 0.671. The summed E-state index contributed by atoms with van der Waals surface area (Å²) >= 11 is 0. The number of amides is 1. The molecule has 1 aliphatic carbocycles. The van der Waals surface area contributed by atoms with E-state index in [4.69, 9.17) is 12.6 Å². The first-order valence-electron chi connectivity index (χ1n) is 8.02. The monoisotopic (exact) mass is 310 g/mol. The van der Waals surface area contributed by atoms with Crippen LogP contribution in [0.25, 0.3) is 0 Å². The van der Waals surface area contributed by atoms with Gasteiger partial charge in [0.05, 0.1) is 11.5 Å². The standard InChI is InChI=1S/C18H23BN2O2/c1-17(2,3)23-16(22)21-8-4-5-13-9-14(11-15(19)10-13)18(12-20)6-7-18/h9-11H,4-8H2,1-3H3,(H,21,22). The van der Waals surface area contributed by atoms with Crippen LogP contribution >= 0.6 is 0 Å². The molecule has 0 atom stereocenters. The summed E-state index contributed by atoms with van der Waals surface area (Å²) < 4.78 is 5.19. The Morgan fingerprint density at radius 2 is 2.09 bits per heavy atom. The molecule has 1 aliphatic rings. The summed E-state index contributed by atoms with van der Waals surface area (Å²) in [5.74, 6) is 0. The van der Waals surface area contributed by atoms with Crippen LogP contribution in [0.2, 0.25) is 0 Å². The van der Waals surface area contributed by atoms with Crippen molar-refractivity contribution in [2.75, 3.05) is 6.54 Å². The van der Waals surface area contributed by atoms with Crippen LogP contribution in [0.3, 0.4) is 0 Å². The third-order valence-electron chi connectivity index (χ3n) is 3.84. The van der Waals surface area contributed by atoms with Gasteiger partial charge in [-0.15, -0.1) is 0 Å². The first-order valence-corrected chi connectivity index (χ1v) is 8.02. The van der Waals surface area contributed by atoms with Crippen LogP contribution < -0.4 is 10.8 Å². The normalized spacial score (nSPS) is 15.6. The first-order chi connectivity index (χ1) is 10.7. The zero-order chi connectivity index (χ0) is 17.1. The lowest BCUT2D eigenvalue weighted by atomic mass is 9.86. The summed E-state index contributed by atoms with van der Waals surface area (Å²) in [6, 6.07) is 8.30. The highest BCUT2D eigenvalue weighted by atomic mass is 16.6. The van der Waals surface area contributed by atoms with Gasteiger partial charge in [0.15, 0.2) is 0 Å². The van der Waals surface area contributed by atoms with E-state index in [9.17, 15) is 10.1 Å². The lowest BCUT2D eigenvalue weighted by Crippen LogP contribution is -2.33. The number of hydrogen-bond acceptors (Lipinski definition) is 3. The van der Waals surface area contributed by atoms with Crippen LogP contribution in [0.4, 0.5) is 4.79 Å². The highest BCUT2D eigenvalue weighted by molar-refractivity contribution is 6.32. The molecule has 0 saturated heterocycles. The third kappa shape index (κ3) is 5.02. The van der Waals surface area contributed by atoms with E-state index in [1.165, 1.54) is 0 Å². The van der Waals surface area contributed by atoms with Crippen LogP contribution in [0.15, 0.2) is 18.2 Å². The molecule has 1 amide bonds. The van der Waals surface area contributed by atoms with Crippen molar-refractivity contribution < 1.29 is 9.53 Å². The van der Waals surface area contributed by atoms with Crippen molar-refractivity contribution in [3.8, 4) is 6.07 Å². The van der Waals surface area contributed by atoms with Gasteiger partial charge in [0.25, 0.3) is 0 Å². The maximum atomic E-state index is 11.6. The second-order valence-corrected chi connectivity index (χ2v) is 7.19. The number of hydrogen-bond donors (Lipinski definition) is 1. The second-order valence-electron chi connectivity index (χ2n) is 7.19. The molecule has 1 aromatic carbocycles. The zero-order valence-electron chi connectivity index (χ0n) is 14.1. The molecule has 0 unspecified atom stereocenters. The van der Waals surface area contributed by atoms with Gasteiger partial charge in [0.1, 0.15) is 13.4 Å². The molecule has 0 aliphatic heterocycles. The number of alkyl carbamates (subject to hydrolysis) is 1. The van der Waals surface area contributed by atoms with E-state index in [0.717, 1.165) is 36.8 Å². The Balaban J connectivity index is 1.85. The van der Waals surface area contributed by atoms with Gasteiger partial charge in [-0.2, -0.15) is 5.26 Å². The van der Waals surface area contributed by atoms with Crippen molar-refractivity contribution in [1.29, 1.82) is 5.26 Å². The lowest BCUT2D eigenvalue weighted by molar-refractivity contribution is 0.0527. The third-order valence-corrected chi connectivity index (χ3v) is 3.84. The average molecular weight is 310 g/mol. The van der Waals surface area contributed by atoms with Crippen LogP contribution in [0, 0.1) is 11.3 Å². The number of rotatable bonds is 5. The number of ether oxygens (including phenoxy) is 1. The van der Waals surface area contributed by atoms with Crippen LogP contribution in [0.1, 0.15) is 51.2 Å². The number of benzene rings is 1. The molecule has 1 N–H and O–H groups in total. The molecule has 1 fully saturated rings. The summed E-state index contributed by atoms with van der Waals surface area (Å²) in [6.45, 7) is 6.06. The topological polar surface area (TPSA) is 62.1 Å². The highest BCUT2D eigenvalue weighted by Crippen LogP contribution is 2.47. The Morgan fingerprint density at radius 1 is 1.39 bits per heavy atom. The number of carbonyl (C=O) groups excluding carboxylic acids is 1. The summed E-state index contributed by atoms with van der Waals surface area (Å²) in [7, 11) is 5.96. The Bertz CT molecular complexity index is 625. The van der Waals surface area contributed by atoms with Gasteiger partial charge < -0.3 is 10.1 Å². The molecule has 120 valence electrons. The van der Waals surface area contributed by atoms with Crippen molar-refractivity contribution in [1.82, 2.24) is 5.32 Å². The average Bonchev–Trinajstić information content (AvgIpc) is 3.22. The van der Waals surface area contributed by atoms with Gasteiger partial charge in [0.2, 0.25) is 0 Å². The summed E-state index contributed by atoms with van der Waals surface area (Å²) in [5.41, 5.74) is 2.02. The van der Waals surface area contributed by atoms with Gasteiger partial charge in [0, 0.05) is 6.54 Å². The number of nitrogens with zero attached hydrogens (tertiary/aromatic N) is 1. The predicted octanol–water partition coefficient (Wildman–Crippen LogP) is 2.49. The largest absolute Gasteiger partial charge is 0.444 e. The van der Waals surface area contributed by atoms with Crippen LogP contribution in [-0.2, 0) is 16.6 Å². The van der Waals surface area contributed by atoms with Crippen molar-refractivity contribution in [2.24, 2.45) is 0 Å². The minimum Gasteiger partial charge on any atom is -0.444 e. The summed E-state index contributed by atoms with van der Waals surface area (Å²) in [4.78, 5) is 11.6. The van der Waals surface area contributed by atoms with Gasteiger partial charge >= 0.3 is 6.09 Å². The van der Waals surface area contributed by atoms with E-state index >= 15 is 0 Å². The highest BCUT2D eigenvalue weighted by Gasteiger charge is 2.44. The maximum Gasteiger partial charge on any atom is 0.407 e. The Labute approximate surface area is 139 Å². The lowest BCUT2D eigenvalue weighted by Gasteiger charge is -2.19. The fraction of sp³-hybridized carbons (Fsp3) is 0.556. The number of nitrogens with one attached hydrogen (secondary N) is 1. The molecule has 0 aromatic heterocycles. The minimum absolute atomic E-state index is 0.321. The summed E-state index contributed by atoms with van der Waals surface area (Å²) in [6.07, 6.45) is 3.02. The Hall–Kier alpha value is -1.96. The fourth-order valence-corrected chi connectivity index (χ4v) is 2.53. The molecule has 2 rings (SSSR count). The molecule has 0 heterocycles. The number of carbonyl (C=O) groups is 1. The molecule has 0 spiro atoms. The maximum absolute atomic E-state index is 11.6.